The second-order valence-corrected chi connectivity index (χ2v) is 7.86. The number of nitrogens with one attached hydrogen (secondary N) is 1. The van der Waals surface area contributed by atoms with E-state index in [1.165, 1.54) is 4.90 Å². The molecule has 1 saturated heterocycles. The smallest absolute Gasteiger partial charge is 0.328 e. The lowest BCUT2D eigenvalue weighted by molar-refractivity contribution is -0.493. The van der Waals surface area contributed by atoms with Crippen molar-refractivity contribution in [2.24, 2.45) is 0 Å². The van der Waals surface area contributed by atoms with Crippen LogP contribution < -0.4 is 5.32 Å². The lowest BCUT2D eigenvalue weighted by atomic mass is 10.0. The van der Waals surface area contributed by atoms with Crippen LogP contribution in [0.2, 0.25) is 0 Å². The third-order valence-corrected chi connectivity index (χ3v) is 5.40. The summed E-state index contributed by atoms with van der Waals surface area (Å²) in [6, 6.07) is 7.08. The second-order valence-electron chi connectivity index (χ2n) is 7.86. The lowest BCUT2D eigenvalue weighted by Gasteiger charge is -2.28. The van der Waals surface area contributed by atoms with E-state index in [9.17, 15) is 19.5 Å². The first-order chi connectivity index (χ1) is 16.3. The van der Waals surface area contributed by atoms with Gasteiger partial charge in [-0.3, -0.25) is 25.3 Å². The zero-order chi connectivity index (χ0) is 24.9. The summed E-state index contributed by atoms with van der Waals surface area (Å²) >= 11 is 0. The normalized spacial score (nSPS) is 17.5. The Bertz CT molecular complexity index is 778. The van der Waals surface area contributed by atoms with Crippen molar-refractivity contribution in [1.29, 1.82) is 0 Å². The highest BCUT2D eigenvalue weighted by Gasteiger charge is 2.37. The summed E-state index contributed by atoms with van der Waals surface area (Å²) in [7, 11) is 0. The number of carbonyl (C=O) groups is 3. The summed E-state index contributed by atoms with van der Waals surface area (Å²) in [5.74, 6) is -1.94. The van der Waals surface area contributed by atoms with Crippen molar-refractivity contribution in [3.63, 3.8) is 0 Å². The summed E-state index contributed by atoms with van der Waals surface area (Å²) in [5, 5.41) is 28.8. The Kier molecular flexibility index (Phi) is 11.9. The molecule has 34 heavy (non-hydrogen) atoms. The number of nitrogens with zero attached hydrogens (tertiary/aromatic N) is 2. The van der Waals surface area contributed by atoms with E-state index in [1.807, 2.05) is 30.3 Å². The number of benzene rings is 1. The van der Waals surface area contributed by atoms with Gasteiger partial charge in [0.2, 0.25) is 5.91 Å². The van der Waals surface area contributed by atoms with Gasteiger partial charge in [0, 0.05) is 6.54 Å². The molecule has 4 N–H and O–H groups in total. The largest absolute Gasteiger partial charge is 0.480 e. The molecule has 0 bridgehead atoms. The monoisotopic (exact) mass is 483 g/mol. The maximum absolute atomic E-state index is 13.0. The minimum atomic E-state index is -1.04. The number of carboxylic acids is 1. The highest BCUT2D eigenvalue weighted by molar-refractivity contribution is 5.88. The molecule has 0 aromatic heterocycles. The zero-order valence-electron chi connectivity index (χ0n) is 19.2. The third-order valence-electron chi connectivity index (χ3n) is 5.40. The van der Waals surface area contributed by atoms with Crippen LogP contribution in [0.5, 0.6) is 0 Å². The third kappa shape index (κ3) is 9.33. The summed E-state index contributed by atoms with van der Waals surface area (Å²) in [5.41, 5.74) is 1.01. The van der Waals surface area contributed by atoms with Crippen molar-refractivity contribution in [3.05, 3.63) is 35.9 Å². The molecule has 0 radical (unpaired) electrons. The molecule has 0 aliphatic carbocycles. The van der Waals surface area contributed by atoms with Crippen LogP contribution in [0.1, 0.15) is 31.7 Å². The molecule has 12 nitrogen and oxygen atoms in total. The van der Waals surface area contributed by atoms with Crippen molar-refractivity contribution < 1.29 is 44.2 Å². The van der Waals surface area contributed by atoms with Crippen molar-refractivity contribution in [2.75, 3.05) is 33.0 Å². The molecule has 1 fully saturated rings. The number of hydrogen-bond donors (Lipinski definition) is 4. The van der Waals surface area contributed by atoms with Crippen LogP contribution in [-0.2, 0) is 35.1 Å². The van der Waals surface area contributed by atoms with E-state index in [2.05, 4.69) is 10.2 Å². The Balaban J connectivity index is 1.79. The van der Waals surface area contributed by atoms with Gasteiger partial charge in [0.25, 0.3) is 0 Å². The molecule has 0 saturated carbocycles. The number of aliphatic carboxylic acids is 1. The minimum Gasteiger partial charge on any atom is -0.480 e. The Hall–Kier alpha value is -2.61. The van der Waals surface area contributed by atoms with Crippen LogP contribution in [-0.4, -0.2) is 94.8 Å². The Morgan fingerprint density at radius 1 is 1.15 bits per heavy atom. The van der Waals surface area contributed by atoms with Gasteiger partial charge >= 0.3 is 11.9 Å². The number of rotatable bonds is 15. The molecule has 1 heterocycles. The number of esters is 1. The lowest BCUT2D eigenvalue weighted by Crippen LogP contribution is -2.53. The summed E-state index contributed by atoms with van der Waals surface area (Å²) in [6.45, 7) is 1.98. The van der Waals surface area contributed by atoms with Crippen LogP contribution >= 0.6 is 0 Å². The molecule has 1 amide bonds. The van der Waals surface area contributed by atoms with Gasteiger partial charge in [0.05, 0.1) is 31.3 Å². The summed E-state index contributed by atoms with van der Waals surface area (Å²) in [4.78, 5) is 42.9. The van der Waals surface area contributed by atoms with Gasteiger partial charge in [-0.1, -0.05) is 30.3 Å². The van der Waals surface area contributed by atoms with Gasteiger partial charge in [-0.05, 0) is 38.2 Å². The average molecular weight is 484 g/mol. The van der Waals surface area contributed by atoms with E-state index in [1.54, 1.807) is 6.92 Å². The molecule has 1 aromatic rings. The highest BCUT2D eigenvalue weighted by atomic mass is 17.1. The second kappa shape index (κ2) is 14.6. The molecule has 190 valence electrons. The number of amides is 1. The SMILES string of the molecule is CC(NC(CCc1ccccc1)C(=O)O)C(=O)N1CCCC1C(=O)OCCOCCON(O)O. The van der Waals surface area contributed by atoms with Gasteiger partial charge in [-0.15, -0.1) is 0 Å². The molecule has 3 atom stereocenters. The molecule has 1 aliphatic heterocycles. The highest BCUT2D eigenvalue weighted by Crippen LogP contribution is 2.20. The maximum atomic E-state index is 13.0. The molecule has 1 aliphatic rings. The number of hydrogen-bond acceptors (Lipinski definition) is 10. The number of likely N-dealkylation sites (tertiary alicyclic amines) is 1. The molecule has 12 heteroatoms. The van der Waals surface area contributed by atoms with Crippen LogP contribution in [0.25, 0.3) is 0 Å². The van der Waals surface area contributed by atoms with Crippen molar-refractivity contribution in [1.82, 2.24) is 15.6 Å². The van der Waals surface area contributed by atoms with E-state index in [-0.39, 0.29) is 32.3 Å². The predicted molar refractivity (Wildman–Crippen MR) is 117 cm³/mol. The number of carboxylic acid groups (broad SMARTS) is 1. The fourth-order valence-corrected chi connectivity index (χ4v) is 3.71. The molecule has 2 rings (SSSR count). The van der Waals surface area contributed by atoms with Crippen LogP contribution in [0, 0.1) is 0 Å². The molecule has 3 unspecified atom stereocenters. The molecule has 0 spiro atoms. The quantitative estimate of drug-likeness (QED) is 0.157. The van der Waals surface area contributed by atoms with Gasteiger partial charge in [-0.2, -0.15) is 0 Å². The first-order valence-corrected chi connectivity index (χ1v) is 11.2. The first-order valence-electron chi connectivity index (χ1n) is 11.2. The van der Waals surface area contributed by atoms with E-state index in [4.69, 9.17) is 19.9 Å². The van der Waals surface area contributed by atoms with Crippen molar-refractivity contribution in [3.8, 4) is 0 Å². The zero-order valence-corrected chi connectivity index (χ0v) is 19.2. The average Bonchev–Trinajstić information content (AvgIpc) is 3.30. The number of carbonyl (C=O) groups excluding carboxylic acids is 2. The summed E-state index contributed by atoms with van der Waals surface area (Å²) < 4.78 is 10.3. The van der Waals surface area contributed by atoms with E-state index in [0.29, 0.717) is 32.2 Å². The number of ether oxygens (including phenoxy) is 2. The number of aryl methyl sites for hydroxylation is 1. The van der Waals surface area contributed by atoms with E-state index >= 15 is 0 Å². The van der Waals surface area contributed by atoms with Crippen LogP contribution in [0.15, 0.2) is 30.3 Å². The van der Waals surface area contributed by atoms with Gasteiger partial charge in [-0.25, -0.2) is 9.63 Å². The van der Waals surface area contributed by atoms with Crippen LogP contribution in [0.4, 0.5) is 0 Å². The topological polar surface area (TPSA) is 158 Å². The Labute approximate surface area is 197 Å². The van der Waals surface area contributed by atoms with E-state index < -0.39 is 35.5 Å². The molecular formula is C22H33N3O9. The van der Waals surface area contributed by atoms with E-state index in [0.717, 1.165) is 5.56 Å². The maximum Gasteiger partial charge on any atom is 0.328 e. The summed E-state index contributed by atoms with van der Waals surface area (Å²) in [6.07, 6.45) is 1.98. The van der Waals surface area contributed by atoms with Crippen molar-refractivity contribution in [2.45, 2.75) is 50.7 Å². The molecule has 1 aromatic carbocycles. The molecular weight excluding hydrogens is 450 g/mol. The standard InChI is InChI=1S/C22H33N3O9/c1-16(23-18(21(27)28)10-9-17-6-3-2-4-7-17)20(26)24-11-5-8-19(24)22(29)33-14-12-32-13-15-34-25(30)31/h2-4,6-7,16,18-19,23,30-31H,5,8-15H2,1H3,(H,27,28). The first kappa shape index (κ1) is 27.6. The predicted octanol–water partition coefficient (Wildman–Crippen LogP) is 0.613. The fourth-order valence-electron chi connectivity index (χ4n) is 3.71. The Morgan fingerprint density at radius 3 is 2.53 bits per heavy atom. The fraction of sp³-hybridized carbons (Fsp3) is 0.591. The van der Waals surface area contributed by atoms with Gasteiger partial charge in [0.1, 0.15) is 18.7 Å². The minimum absolute atomic E-state index is 0.0340. The van der Waals surface area contributed by atoms with Crippen LogP contribution in [0.3, 0.4) is 0 Å². The Morgan fingerprint density at radius 2 is 1.85 bits per heavy atom. The van der Waals surface area contributed by atoms with Gasteiger partial charge in [0.15, 0.2) is 0 Å². The van der Waals surface area contributed by atoms with Gasteiger partial charge < -0.3 is 19.5 Å². The van der Waals surface area contributed by atoms with Crippen molar-refractivity contribution >= 4 is 17.8 Å².